The molecular weight excluding hydrogens is 1510 g/mol. The van der Waals surface area contributed by atoms with Crippen LogP contribution in [0, 0.1) is 0 Å². The van der Waals surface area contributed by atoms with Gasteiger partial charge < -0.3 is 23.8 Å². The zero-order valence-electron chi connectivity index (χ0n) is 69.4. The van der Waals surface area contributed by atoms with Crippen LogP contribution in [0.2, 0.25) is 0 Å². The number of aromatic nitrogens is 1. The molecule has 4 aliphatic rings. The molecule has 0 saturated heterocycles. The van der Waals surface area contributed by atoms with Crippen molar-refractivity contribution in [2.24, 2.45) is 0 Å². The molecule has 4 aliphatic heterocycles. The predicted octanol–water partition coefficient (Wildman–Crippen LogP) is 27.6. The molecule has 0 radical (unpaired) electrons. The van der Waals surface area contributed by atoms with Gasteiger partial charge in [0.2, 0.25) is 0 Å². The van der Waals surface area contributed by atoms with Crippen LogP contribution in [0.1, 0.15) is 26.3 Å². The highest BCUT2D eigenvalue weighted by atomic mass is 16.5. The van der Waals surface area contributed by atoms with E-state index in [4.69, 9.17) is 9.47 Å². The predicted molar refractivity (Wildman–Crippen MR) is 526 cm³/mol. The van der Waals surface area contributed by atoms with Gasteiger partial charge >= 0.3 is 0 Å². The highest BCUT2D eigenvalue weighted by molar-refractivity contribution is 7.03. The highest BCUT2D eigenvalue weighted by Gasteiger charge is 2.52. The van der Waals surface area contributed by atoms with Crippen LogP contribution < -0.4 is 52.1 Å². The van der Waals surface area contributed by atoms with Crippen LogP contribution in [0.4, 0.5) is 34.1 Å². The largest absolute Gasteiger partial charge is 0.459 e. The zero-order chi connectivity index (χ0) is 83.0. The first-order valence-corrected chi connectivity index (χ1v) is 43.4. The topological polar surface area (TPSA) is 29.9 Å². The number of ether oxygens (including phenoxy) is 2. The molecule has 1 aromatic heterocycles. The summed E-state index contributed by atoms with van der Waals surface area (Å²) in [6.07, 6.45) is 0. The summed E-state index contributed by atoms with van der Waals surface area (Å²) in [6, 6.07) is 162. The average Bonchev–Trinajstić information content (AvgIpc) is 1.40. The van der Waals surface area contributed by atoms with Crippen molar-refractivity contribution in [1.82, 2.24) is 4.57 Å². The summed E-state index contributed by atoms with van der Waals surface area (Å²) in [5, 5.41) is 2.38. The molecule has 0 amide bonds. The standard InChI is InChI=1S/C118H81B2N3O2/c1-118(2,3)90-72-105-111-106(73-90)123(114-93(81-44-21-9-22-45-81)56-32-57-94(114)82-46-23-10-24-47-82)107-75-109-113-117(112(107)120(111)99-65-62-86(79-40-17-7-18-41-79)71-104(99)122(105)115-95(87-51-29-48-83(68-87)76-34-11-4-12-35-76)58-33-59-96(115)88-52-30-49-84(69-88)77-36-13-5-14-37-77)124-108-74-91(121-102-60-27-25-54-97(102)98-55-26-28-61-103(98)121)63-66-100(108)119(113)101-67-64-92(80-42-19-8-20-43-80)110(116(101)125-109)89-53-31-50-85(70-89)78-38-15-6-16-39-78/h4-75H,1-3H3. The second-order valence-corrected chi connectivity index (χ2v) is 34.4. The number of hydrogen-bond acceptors (Lipinski definition) is 4. The molecule has 0 saturated carbocycles. The molecule has 0 unspecified atom stereocenters. The molecule has 0 bridgehead atoms. The Morgan fingerprint density at radius 1 is 0.232 bits per heavy atom. The van der Waals surface area contributed by atoms with Crippen molar-refractivity contribution < 1.29 is 9.47 Å². The average molecular weight is 1590 g/mol. The molecule has 586 valence electrons. The molecule has 5 nitrogen and oxygen atoms in total. The first kappa shape index (κ1) is 73.3. The Labute approximate surface area is 729 Å². The van der Waals surface area contributed by atoms with Gasteiger partial charge in [-0.3, -0.25) is 0 Å². The van der Waals surface area contributed by atoms with Crippen LogP contribution in [0.25, 0.3) is 139 Å². The Bertz CT molecular complexity index is 7490. The van der Waals surface area contributed by atoms with Crippen molar-refractivity contribution in [2.45, 2.75) is 26.2 Å². The van der Waals surface area contributed by atoms with Crippen LogP contribution in [-0.2, 0) is 5.41 Å². The normalized spacial score (nSPS) is 12.7. The summed E-state index contributed by atoms with van der Waals surface area (Å²) < 4.78 is 19.3. The lowest BCUT2D eigenvalue weighted by molar-refractivity contribution is 0.468. The number of fused-ring (bicyclic) bond motifs is 12. The van der Waals surface area contributed by atoms with Gasteiger partial charge in [0.25, 0.3) is 13.4 Å². The van der Waals surface area contributed by atoms with E-state index in [2.05, 4.69) is 472 Å². The van der Waals surface area contributed by atoms with Crippen molar-refractivity contribution in [3.63, 3.8) is 0 Å². The second kappa shape index (κ2) is 29.6. The zero-order valence-corrected chi connectivity index (χ0v) is 69.4. The molecule has 5 heterocycles. The molecule has 19 aromatic carbocycles. The first-order chi connectivity index (χ1) is 61.7. The van der Waals surface area contributed by atoms with Crippen LogP contribution in [-0.4, -0.2) is 18.0 Å². The molecule has 0 aliphatic carbocycles. The minimum Gasteiger partial charge on any atom is -0.459 e. The maximum atomic E-state index is 8.51. The lowest BCUT2D eigenvalue weighted by Crippen LogP contribution is -2.65. The van der Waals surface area contributed by atoms with Crippen LogP contribution in [0.3, 0.4) is 0 Å². The molecule has 0 fully saturated rings. The van der Waals surface area contributed by atoms with Gasteiger partial charge in [0, 0.05) is 84.6 Å². The van der Waals surface area contributed by atoms with E-state index in [-0.39, 0.29) is 0 Å². The number of nitrogens with zero attached hydrogens (tertiary/aromatic N) is 3. The van der Waals surface area contributed by atoms with E-state index < -0.39 is 18.8 Å². The smallest absolute Gasteiger partial charge is 0.260 e. The van der Waals surface area contributed by atoms with E-state index in [1.807, 2.05) is 0 Å². The third-order valence-corrected chi connectivity index (χ3v) is 26.2. The Morgan fingerprint density at radius 3 is 1.10 bits per heavy atom. The van der Waals surface area contributed by atoms with Gasteiger partial charge in [-0.15, -0.1) is 0 Å². The van der Waals surface area contributed by atoms with Crippen molar-refractivity contribution in [2.75, 3.05) is 9.80 Å². The molecule has 0 N–H and O–H groups in total. The second-order valence-electron chi connectivity index (χ2n) is 34.4. The third kappa shape index (κ3) is 12.2. The number of para-hydroxylation sites is 4. The van der Waals surface area contributed by atoms with Crippen LogP contribution >= 0.6 is 0 Å². The summed E-state index contributed by atoms with van der Waals surface area (Å²) in [7, 11) is 0. The summed E-state index contributed by atoms with van der Waals surface area (Å²) in [4.78, 5) is 5.36. The lowest BCUT2D eigenvalue weighted by atomic mass is 9.30. The van der Waals surface area contributed by atoms with Gasteiger partial charge in [0.1, 0.15) is 23.0 Å². The first-order valence-electron chi connectivity index (χ1n) is 43.4. The van der Waals surface area contributed by atoms with Crippen molar-refractivity contribution in [1.29, 1.82) is 0 Å². The van der Waals surface area contributed by atoms with E-state index in [0.29, 0.717) is 0 Å². The highest BCUT2D eigenvalue weighted by Crippen LogP contribution is 2.57. The Hall–Kier alpha value is -15.7. The number of rotatable bonds is 13. The fourth-order valence-electron chi connectivity index (χ4n) is 20.5. The molecular formula is C118H81B2N3O2. The lowest BCUT2D eigenvalue weighted by Gasteiger charge is -2.48. The minimum atomic E-state index is -0.486. The summed E-state index contributed by atoms with van der Waals surface area (Å²) in [5.41, 5.74) is 38.6. The van der Waals surface area contributed by atoms with Crippen LogP contribution in [0.5, 0.6) is 23.0 Å². The van der Waals surface area contributed by atoms with E-state index in [1.54, 1.807) is 0 Å². The van der Waals surface area contributed by atoms with Gasteiger partial charge in [-0.2, -0.15) is 0 Å². The van der Waals surface area contributed by atoms with E-state index in [9.17, 15) is 0 Å². The Kier molecular flexibility index (Phi) is 17.3. The van der Waals surface area contributed by atoms with Gasteiger partial charge in [-0.1, -0.05) is 391 Å². The van der Waals surface area contributed by atoms with Gasteiger partial charge in [-0.05, 0) is 176 Å². The molecule has 125 heavy (non-hydrogen) atoms. The number of benzene rings is 19. The molecule has 7 heteroatoms. The fraction of sp³-hybridized carbons (Fsp3) is 0.0339. The SMILES string of the molecule is CC(C)(C)c1cc2c3c(c1)N(c1c(-c4ccccc4)cccc1-c1ccccc1)c1cc4c5c(c1B3c1ccc(-c3ccccc3)cc1N2c1c(-c2cccc(-c3ccccc3)c2)cccc1-c1cccc(-c2ccccc2)c1)Oc1cc(-n2c3ccccc3c3ccccc32)ccc1B5c1ccc(-c2ccccc2)c(-c2cccc(-c3ccccc3)c2)c1O4. The van der Waals surface area contributed by atoms with E-state index in [1.165, 1.54) is 16.3 Å². The third-order valence-electron chi connectivity index (χ3n) is 26.2. The Morgan fingerprint density at radius 2 is 0.608 bits per heavy atom. The summed E-state index contributed by atoms with van der Waals surface area (Å²) in [5.74, 6) is 3.08. The van der Waals surface area contributed by atoms with Gasteiger partial charge in [-0.25, -0.2) is 0 Å². The van der Waals surface area contributed by atoms with Gasteiger partial charge in [0.05, 0.1) is 22.4 Å². The van der Waals surface area contributed by atoms with Crippen molar-refractivity contribution in [3.8, 4) is 140 Å². The monoisotopic (exact) mass is 1590 g/mol. The number of hydrogen-bond donors (Lipinski definition) is 0. The summed E-state index contributed by atoms with van der Waals surface area (Å²) in [6.45, 7) is 6.25. The van der Waals surface area contributed by atoms with E-state index in [0.717, 1.165) is 218 Å². The van der Waals surface area contributed by atoms with Crippen LogP contribution in [0.15, 0.2) is 437 Å². The summed E-state index contributed by atoms with van der Waals surface area (Å²) >= 11 is 0. The molecule has 24 rings (SSSR count). The van der Waals surface area contributed by atoms with E-state index >= 15 is 0 Å². The molecule has 0 atom stereocenters. The molecule has 20 aromatic rings. The Balaban J connectivity index is 0.858. The van der Waals surface area contributed by atoms with Crippen molar-refractivity contribution >= 4 is 102 Å². The maximum absolute atomic E-state index is 8.51. The maximum Gasteiger partial charge on any atom is 0.260 e. The number of anilines is 6. The fourth-order valence-corrected chi connectivity index (χ4v) is 20.5. The quantitative estimate of drug-likeness (QED) is 0.108. The van der Waals surface area contributed by atoms with Crippen molar-refractivity contribution in [3.05, 3.63) is 442 Å². The minimum absolute atomic E-state index is 0.410. The van der Waals surface area contributed by atoms with Gasteiger partial charge in [0.15, 0.2) is 0 Å². The molecule has 0 spiro atoms.